The maximum Gasteiger partial charge on any atom is 0.237 e. The quantitative estimate of drug-likeness (QED) is 0.693. The van der Waals surface area contributed by atoms with E-state index in [1.54, 1.807) is 0 Å². The molecule has 0 aromatic rings. The normalized spacial score (nSPS) is 22.9. The molecule has 1 amide bonds. The van der Waals surface area contributed by atoms with Gasteiger partial charge in [0.2, 0.25) is 5.91 Å². The van der Waals surface area contributed by atoms with E-state index in [2.05, 4.69) is 10.2 Å². The van der Waals surface area contributed by atoms with Crippen molar-refractivity contribution in [1.29, 1.82) is 0 Å². The molecule has 0 aliphatic heterocycles. The van der Waals surface area contributed by atoms with Crippen LogP contribution in [0.1, 0.15) is 39.0 Å². The van der Waals surface area contributed by atoms with Crippen LogP contribution in [0.4, 0.5) is 0 Å². The number of rotatable bonds is 6. The molecule has 0 aromatic heterocycles. The van der Waals surface area contributed by atoms with Crippen molar-refractivity contribution < 1.29 is 9.90 Å². The van der Waals surface area contributed by atoms with Crippen LogP contribution in [-0.4, -0.2) is 47.2 Å². The van der Waals surface area contributed by atoms with Gasteiger partial charge in [-0.3, -0.25) is 9.69 Å². The van der Waals surface area contributed by atoms with Crippen molar-refractivity contribution in [2.24, 2.45) is 0 Å². The Kier molecular flexibility index (Phi) is 3.82. The molecular formula is C12H22N2O2. The molecule has 0 bridgehead atoms. The molecule has 16 heavy (non-hydrogen) atoms. The summed E-state index contributed by atoms with van der Waals surface area (Å²) in [5.74, 6) is 0.128. The fourth-order valence-electron chi connectivity index (χ4n) is 2.23. The van der Waals surface area contributed by atoms with Crippen LogP contribution in [0.25, 0.3) is 0 Å². The molecule has 0 saturated heterocycles. The molecule has 2 fully saturated rings. The highest BCUT2D eigenvalue weighted by Gasteiger charge is 2.33. The highest BCUT2D eigenvalue weighted by molar-refractivity contribution is 5.81. The second kappa shape index (κ2) is 5.15. The van der Waals surface area contributed by atoms with Gasteiger partial charge in [0.15, 0.2) is 0 Å². The SMILES string of the molecule is CC(C(=O)NC1CC1)N(CCO)C1CCC1. The molecule has 2 aliphatic carbocycles. The first kappa shape index (κ1) is 11.9. The van der Waals surface area contributed by atoms with E-state index in [0.29, 0.717) is 18.6 Å². The monoisotopic (exact) mass is 226 g/mol. The summed E-state index contributed by atoms with van der Waals surface area (Å²) in [7, 11) is 0. The maximum atomic E-state index is 11.9. The zero-order valence-electron chi connectivity index (χ0n) is 9.98. The van der Waals surface area contributed by atoms with Crippen LogP contribution in [0.5, 0.6) is 0 Å². The molecule has 4 nitrogen and oxygen atoms in total. The van der Waals surface area contributed by atoms with E-state index in [4.69, 9.17) is 5.11 Å². The second-order valence-corrected chi connectivity index (χ2v) is 5.00. The average molecular weight is 226 g/mol. The number of amides is 1. The molecule has 2 rings (SSSR count). The minimum Gasteiger partial charge on any atom is -0.395 e. The summed E-state index contributed by atoms with van der Waals surface area (Å²) >= 11 is 0. The highest BCUT2D eigenvalue weighted by Crippen LogP contribution is 2.26. The summed E-state index contributed by atoms with van der Waals surface area (Å²) in [5.41, 5.74) is 0. The van der Waals surface area contributed by atoms with Crippen molar-refractivity contribution in [3.8, 4) is 0 Å². The summed E-state index contributed by atoms with van der Waals surface area (Å²) < 4.78 is 0. The predicted molar refractivity (Wildman–Crippen MR) is 62.1 cm³/mol. The molecule has 0 spiro atoms. The van der Waals surface area contributed by atoms with Gasteiger partial charge in [0.25, 0.3) is 0 Å². The van der Waals surface area contributed by atoms with E-state index in [9.17, 15) is 4.79 Å². The predicted octanol–water partition coefficient (Wildman–Crippen LogP) is 0.500. The number of carbonyl (C=O) groups excluding carboxylic acids is 1. The van der Waals surface area contributed by atoms with E-state index < -0.39 is 0 Å². The van der Waals surface area contributed by atoms with Crippen molar-refractivity contribution in [1.82, 2.24) is 10.2 Å². The number of hydrogen-bond donors (Lipinski definition) is 2. The minimum absolute atomic E-state index is 0.0990. The Balaban J connectivity index is 1.86. The fourth-order valence-corrected chi connectivity index (χ4v) is 2.23. The van der Waals surface area contributed by atoms with Gasteiger partial charge in [-0.1, -0.05) is 6.42 Å². The first-order valence-corrected chi connectivity index (χ1v) is 6.39. The van der Waals surface area contributed by atoms with Crippen molar-refractivity contribution in [3.05, 3.63) is 0 Å². The highest BCUT2D eigenvalue weighted by atomic mass is 16.3. The zero-order valence-corrected chi connectivity index (χ0v) is 9.98. The third-order valence-corrected chi connectivity index (χ3v) is 3.70. The van der Waals surface area contributed by atoms with E-state index >= 15 is 0 Å². The van der Waals surface area contributed by atoms with Crippen LogP contribution in [0.2, 0.25) is 0 Å². The number of nitrogens with zero attached hydrogens (tertiary/aromatic N) is 1. The van der Waals surface area contributed by atoms with E-state index in [1.807, 2.05) is 6.92 Å². The Bertz CT molecular complexity index is 249. The molecular weight excluding hydrogens is 204 g/mol. The van der Waals surface area contributed by atoms with Crippen molar-refractivity contribution in [2.75, 3.05) is 13.2 Å². The summed E-state index contributed by atoms with van der Waals surface area (Å²) in [6, 6.07) is 0.831. The number of carbonyl (C=O) groups is 1. The van der Waals surface area contributed by atoms with Gasteiger partial charge in [-0.15, -0.1) is 0 Å². The molecule has 0 aromatic carbocycles. The van der Waals surface area contributed by atoms with Gasteiger partial charge >= 0.3 is 0 Å². The topological polar surface area (TPSA) is 52.6 Å². The molecule has 4 heteroatoms. The van der Waals surface area contributed by atoms with Crippen molar-refractivity contribution in [2.45, 2.75) is 57.2 Å². The largest absolute Gasteiger partial charge is 0.395 e. The summed E-state index contributed by atoms with van der Waals surface area (Å²) in [4.78, 5) is 14.1. The van der Waals surface area contributed by atoms with Crippen molar-refractivity contribution in [3.63, 3.8) is 0 Å². The van der Waals surface area contributed by atoms with Crippen LogP contribution in [-0.2, 0) is 4.79 Å². The standard InChI is InChI=1S/C12H22N2O2/c1-9(12(16)13-10-5-6-10)14(7-8-15)11-3-2-4-11/h9-11,15H,2-8H2,1H3,(H,13,16). The average Bonchev–Trinajstić information content (AvgIpc) is 2.97. The lowest BCUT2D eigenvalue weighted by Gasteiger charge is -2.40. The van der Waals surface area contributed by atoms with Gasteiger partial charge in [-0.2, -0.15) is 0 Å². The smallest absolute Gasteiger partial charge is 0.237 e. The van der Waals surface area contributed by atoms with Crippen LogP contribution >= 0.6 is 0 Å². The lowest BCUT2D eigenvalue weighted by Crippen LogP contribution is -2.53. The molecule has 2 saturated carbocycles. The number of hydrogen-bond acceptors (Lipinski definition) is 3. The van der Waals surface area contributed by atoms with Crippen LogP contribution in [0.15, 0.2) is 0 Å². The molecule has 2 N–H and O–H groups in total. The van der Waals surface area contributed by atoms with Gasteiger partial charge in [0, 0.05) is 18.6 Å². The third kappa shape index (κ3) is 2.74. The Morgan fingerprint density at radius 3 is 2.56 bits per heavy atom. The lowest BCUT2D eigenvalue weighted by atomic mass is 9.90. The Morgan fingerprint density at radius 2 is 2.12 bits per heavy atom. The first-order chi connectivity index (χ1) is 7.72. The fraction of sp³-hybridized carbons (Fsp3) is 0.917. The number of nitrogens with one attached hydrogen (secondary N) is 1. The van der Waals surface area contributed by atoms with Crippen LogP contribution in [0.3, 0.4) is 0 Å². The number of aliphatic hydroxyl groups excluding tert-OH is 1. The third-order valence-electron chi connectivity index (χ3n) is 3.70. The second-order valence-electron chi connectivity index (χ2n) is 5.00. The molecule has 92 valence electrons. The van der Waals surface area contributed by atoms with Gasteiger partial charge in [-0.05, 0) is 32.6 Å². The Morgan fingerprint density at radius 1 is 1.44 bits per heavy atom. The molecule has 0 heterocycles. The zero-order chi connectivity index (χ0) is 11.5. The first-order valence-electron chi connectivity index (χ1n) is 6.39. The van der Waals surface area contributed by atoms with E-state index in [0.717, 1.165) is 12.8 Å². The molecule has 2 aliphatic rings. The van der Waals surface area contributed by atoms with Gasteiger partial charge in [0.1, 0.15) is 0 Å². The Hall–Kier alpha value is -0.610. The van der Waals surface area contributed by atoms with Gasteiger partial charge in [0.05, 0.1) is 12.6 Å². The maximum absolute atomic E-state index is 11.9. The molecule has 1 unspecified atom stereocenters. The molecule has 1 atom stereocenters. The van der Waals surface area contributed by atoms with Gasteiger partial charge in [-0.25, -0.2) is 0 Å². The summed E-state index contributed by atoms with van der Waals surface area (Å²) in [5, 5.41) is 12.1. The van der Waals surface area contributed by atoms with E-state index in [-0.39, 0.29) is 18.6 Å². The minimum atomic E-state index is -0.0990. The van der Waals surface area contributed by atoms with E-state index in [1.165, 1.54) is 19.3 Å². The van der Waals surface area contributed by atoms with Gasteiger partial charge < -0.3 is 10.4 Å². The van der Waals surface area contributed by atoms with Crippen LogP contribution < -0.4 is 5.32 Å². The van der Waals surface area contributed by atoms with Crippen molar-refractivity contribution >= 4 is 5.91 Å². The number of aliphatic hydroxyl groups is 1. The lowest BCUT2D eigenvalue weighted by molar-refractivity contribution is -0.127. The summed E-state index contributed by atoms with van der Waals surface area (Å²) in [6.07, 6.45) is 5.84. The van der Waals surface area contributed by atoms with Crippen LogP contribution in [0, 0.1) is 0 Å². The Labute approximate surface area is 97.0 Å². The summed E-state index contributed by atoms with van der Waals surface area (Å²) in [6.45, 7) is 2.70. The molecule has 0 radical (unpaired) electrons.